The van der Waals surface area contributed by atoms with Gasteiger partial charge in [0.05, 0.1) is 6.42 Å². The Morgan fingerprint density at radius 2 is 2.00 bits per heavy atom. The quantitative estimate of drug-likeness (QED) is 0.834. The number of amides is 1. The lowest BCUT2D eigenvalue weighted by molar-refractivity contribution is -0.121. The predicted octanol–water partition coefficient (Wildman–Crippen LogP) is 1.49. The molecule has 0 saturated carbocycles. The van der Waals surface area contributed by atoms with Gasteiger partial charge >= 0.3 is 0 Å². The Kier molecular flexibility index (Phi) is 5.51. The van der Waals surface area contributed by atoms with Crippen molar-refractivity contribution in [1.29, 1.82) is 0 Å². The molecule has 1 heterocycles. The van der Waals surface area contributed by atoms with Crippen LogP contribution in [0.15, 0.2) is 16.3 Å². The number of hydrogen-bond acceptors (Lipinski definition) is 4. The minimum atomic E-state index is -3.67. The second-order valence-electron chi connectivity index (χ2n) is 5.04. The molecule has 0 aliphatic rings. The molecule has 1 aromatic rings. The molecule has 1 unspecified atom stereocenters. The first-order valence-corrected chi connectivity index (χ1v) is 8.45. The van der Waals surface area contributed by atoms with Gasteiger partial charge in [-0.2, -0.15) is 0 Å². The van der Waals surface area contributed by atoms with Gasteiger partial charge in [0.2, 0.25) is 15.9 Å². The Morgan fingerprint density at radius 1 is 1.37 bits per heavy atom. The van der Waals surface area contributed by atoms with Crippen LogP contribution in [0.3, 0.4) is 0 Å². The van der Waals surface area contributed by atoms with Crippen LogP contribution in [0.25, 0.3) is 0 Å². The number of carbonyl (C=O) groups is 1. The summed E-state index contributed by atoms with van der Waals surface area (Å²) < 4.78 is 22.3. The molecule has 0 radical (unpaired) electrons. The molecule has 7 heteroatoms. The van der Waals surface area contributed by atoms with Gasteiger partial charge in [-0.1, -0.05) is 13.8 Å². The van der Waals surface area contributed by atoms with E-state index in [1.807, 2.05) is 6.92 Å². The van der Waals surface area contributed by atoms with Crippen LogP contribution in [0, 0.1) is 5.92 Å². The number of carbonyl (C=O) groups excluding carboxylic acids is 1. The van der Waals surface area contributed by atoms with Crippen molar-refractivity contribution in [2.75, 3.05) is 0 Å². The molecule has 3 N–H and O–H groups in total. The zero-order valence-corrected chi connectivity index (χ0v) is 13.0. The molecule has 0 spiro atoms. The summed E-state index contributed by atoms with van der Waals surface area (Å²) >= 11 is 1.04. The van der Waals surface area contributed by atoms with Crippen LogP contribution in [-0.4, -0.2) is 20.4 Å². The smallest absolute Gasteiger partial charge is 0.247 e. The number of nitrogens with one attached hydrogen (secondary N) is 1. The Labute approximate surface area is 118 Å². The van der Waals surface area contributed by atoms with Gasteiger partial charge in [-0.3, -0.25) is 4.79 Å². The van der Waals surface area contributed by atoms with E-state index in [0.29, 0.717) is 10.8 Å². The average Bonchev–Trinajstić information content (AvgIpc) is 2.63. The lowest BCUT2D eigenvalue weighted by Crippen LogP contribution is -2.34. The summed E-state index contributed by atoms with van der Waals surface area (Å²) in [4.78, 5) is 12.5. The van der Waals surface area contributed by atoms with E-state index in [-0.39, 0.29) is 22.6 Å². The summed E-state index contributed by atoms with van der Waals surface area (Å²) in [6.07, 6.45) is 1.10. The van der Waals surface area contributed by atoms with Gasteiger partial charge in [0.15, 0.2) is 0 Å². The Bertz CT molecular complexity index is 535. The number of sulfonamides is 1. The zero-order chi connectivity index (χ0) is 14.6. The number of hydrogen-bond donors (Lipinski definition) is 2. The SMILES string of the molecule is CC(C)CC(C)NC(=O)Cc1ccc(S(N)(=O)=O)s1. The van der Waals surface area contributed by atoms with Crippen molar-refractivity contribution in [2.45, 2.75) is 43.9 Å². The molecule has 0 fully saturated rings. The second kappa shape index (κ2) is 6.49. The topological polar surface area (TPSA) is 89.3 Å². The van der Waals surface area contributed by atoms with Crippen molar-refractivity contribution >= 4 is 27.3 Å². The fraction of sp³-hybridized carbons (Fsp3) is 0.583. The average molecular weight is 304 g/mol. The number of nitrogens with two attached hydrogens (primary N) is 1. The summed E-state index contributed by atoms with van der Waals surface area (Å²) in [5.41, 5.74) is 0. The maximum absolute atomic E-state index is 11.8. The molecule has 0 saturated heterocycles. The van der Waals surface area contributed by atoms with Gasteiger partial charge in [0.1, 0.15) is 4.21 Å². The Hall–Kier alpha value is -0.920. The molecule has 1 aromatic heterocycles. The minimum absolute atomic E-state index is 0.0885. The maximum atomic E-state index is 11.8. The second-order valence-corrected chi connectivity index (χ2v) is 8.00. The first-order chi connectivity index (χ1) is 8.68. The number of primary sulfonamides is 1. The molecule has 5 nitrogen and oxygen atoms in total. The maximum Gasteiger partial charge on any atom is 0.247 e. The third kappa shape index (κ3) is 5.71. The van der Waals surface area contributed by atoms with E-state index in [0.717, 1.165) is 17.8 Å². The van der Waals surface area contributed by atoms with E-state index in [1.54, 1.807) is 6.07 Å². The summed E-state index contributed by atoms with van der Waals surface area (Å²) in [5.74, 6) is 0.419. The van der Waals surface area contributed by atoms with Gasteiger partial charge in [-0.15, -0.1) is 11.3 Å². The summed E-state index contributed by atoms with van der Waals surface area (Å²) in [6, 6.07) is 3.17. The van der Waals surface area contributed by atoms with E-state index in [4.69, 9.17) is 5.14 Å². The molecule has 1 amide bonds. The van der Waals surface area contributed by atoms with Crippen LogP contribution in [0.4, 0.5) is 0 Å². The highest BCUT2D eigenvalue weighted by Crippen LogP contribution is 2.20. The summed E-state index contributed by atoms with van der Waals surface area (Å²) in [6.45, 7) is 6.16. The van der Waals surface area contributed by atoms with Crippen LogP contribution in [0.1, 0.15) is 32.1 Å². The highest BCUT2D eigenvalue weighted by Gasteiger charge is 2.14. The monoisotopic (exact) mass is 304 g/mol. The third-order valence-electron chi connectivity index (χ3n) is 2.48. The number of rotatable bonds is 6. The van der Waals surface area contributed by atoms with E-state index in [1.165, 1.54) is 6.07 Å². The van der Waals surface area contributed by atoms with Gasteiger partial charge in [0, 0.05) is 10.9 Å². The fourth-order valence-corrected chi connectivity index (χ4v) is 3.63. The normalized spacial score (nSPS) is 13.5. The van der Waals surface area contributed by atoms with Crippen LogP contribution >= 0.6 is 11.3 Å². The highest BCUT2D eigenvalue weighted by atomic mass is 32.2. The highest BCUT2D eigenvalue weighted by molar-refractivity contribution is 7.91. The molecule has 0 aliphatic carbocycles. The van der Waals surface area contributed by atoms with E-state index in [2.05, 4.69) is 19.2 Å². The molecule has 0 aromatic carbocycles. The van der Waals surface area contributed by atoms with Gasteiger partial charge in [0.25, 0.3) is 0 Å². The molecule has 108 valence electrons. The Balaban J connectivity index is 2.56. The largest absolute Gasteiger partial charge is 0.353 e. The van der Waals surface area contributed by atoms with E-state index in [9.17, 15) is 13.2 Å². The van der Waals surface area contributed by atoms with Crippen molar-refractivity contribution in [3.8, 4) is 0 Å². The molecule has 1 atom stereocenters. The predicted molar refractivity (Wildman–Crippen MR) is 76.5 cm³/mol. The van der Waals surface area contributed by atoms with Gasteiger partial charge in [-0.05, 0) is 31.4 Å². The summed E-state index contributed by atoms with van der Waals surface area (Å²) in [7, 11) is -3.67. The first kappa shape index (κ1) is 16.1. The fourth-order valence-electron chi connectivity index (χ4n) is 1.86. The minimum Gasteiger partial charge on any atom is -0.353 e. The molecular weight excluding hydrogens is 284 g/mol. The van der Waals surface area contributed by atoms with Gasteiger partial charge < -0.3 is 5.32 Å². The van der Waals surface area contributed by atoms with Crippen LogP contribution in [0.5, 0.6) is 0 Å². The van der Waals surface area contributed by atoms with Crippen LogP contribution in [0.2, 0.25) is 0 Å². The molecule has 0 bridgehead atoms. The van der Waals surface area contributed by atoms with Crippen molar-refractivity contribution < 1.29 is 13.2 Å². The van der Waals surface area contributed by atoms with Crippen LogP contribution < -0.4 is 10.5 Å². The Morgan fingerprint density at radius 3 is 2.47 bits per heavy atom. The van der Waals surface area contributed by atoms with Crippen molar-refractivity contribution in [1.82, 2.24) is 5.32 Å². The van der Waals surface area contributed by atoms with Crippen molar-refractivity contribution in [3.63, 3.8) is 0 Å². The lowest BCUT2D eigenvalue weighted by atomic mass is 10.1. The summed E-state index contributed by atoms with van der Waals surface area (Å²) in [5, 5.41) is 7.91. The molecule has 19 heavy (non-hydrogen) atoms. The van der Waals surface area contributed by atoms with E-state index >= 15 is 0 Å². The molecule has 0 aliphatic heterocycles. The van der Waals surface area contributed by atoms with E-state index < -0.39 is 10.0 Å². The van der Waals surface area contributed by atoms with Crippen LogP contribution in [-0.2, 0) is 21.2 Å². The van der Waals surface area contributed by atoms with Crippen molar-refractivity contribution in [2.24, 2.45) is 11.1 Å². The zero-order valence-electron chi connectivity index (χ0n) is 11.3. The van der Waals surface area contributed by atoms with Crippen molar-refractivity contribution in [3.05, 3.63) is 17.0 Å². The standard InChI is InChI=1S/C12H20N2O3S2/c1-8(2)6-9(3)14-11(15)7-10-4-5-12(18-10)19(13,16)17/h4-5,8-9H,6-7H2,1-3H3,(H,14,15)(H2,13,16,17). The lowest BCUT2D eigenvalue weighted by Gasteiger charge is -2.15. The first-order valence-electron chi connectivity index (χ1n) is 6.09. The van der Waals surface area contributed by atoms with Gasteiger partial charge in [-0.25, -0.2) is 13.6 Å². The third-order valence-corrected chi connectivity index (χ3v) is 5.01. The molecule has 1 rings (SSSR count). The number of thiophene rings is 1. The molecular formula is C12H20N2O3S2.